The van der Waals surface area contributed by atoms with Crippen molar-refractivity contribution in [2.45, 2.75) is 19.1 Å². The smallest absolute Gasteiger partial charge is 0.422 e. The molecular formula is C11H12F4N2O2. The van der Waals surface area contributed by atoms with Crippen molar-refractivity contribution in [2.75, 3.05) is 11.9 Å². The highest BCUT2D eigenvalue weighted by Crippen LogP contribution is 2.27. The van der Waals surface area contributed by atoms with E-state index in [1.165, 1.54) is 6.92 Å². The van der Waals surface area contributed by atoms with Gasteiger partial charge in [0, 0.05) is 6.07 Å². The molecule has 1 amide bonds. The zero-order valence-electron chi connectivity index (χ0n) is 9.92. The zero-order chi connectivity index (χ0) is 14.6. The highest BCUT2D eigenvalue weighted by Gasteiger charge is 2.29. The molecule has 0 heterocycles. The van der Waals surface area contributed by atoms with E-state index in [4.69, 9.17) is 5.73 Å². The Kier molecular flexibility index (Phi) is 4.71. The van der Waals surface area contributed by atoms with Crippen LogP contribution in [0, 0.1) is 5.82 Å². The maximum Gasteiger partial charge on any atom is 0.422 e. The number of nitrogens with one attached hydrogen (secondary N) is 1. The molecule has 0 aliphatic heterocycles. The van der Waals surface area contributed by atoms with Crippen LogP contribution in [0.3, 0.4) is 0 Å². The Hall–Kier alpha value is -1.83. The van der Waals surface area contributed by atoms with Gasteiger partial charge in [-0.1, -0.05) is 0 Å². The minimum absolute atomic E-state index is 0.0760. The minimum atomic E-state index is -4.56. The van der Waals surface area contributed by atoms with Crippen LogP contribution in [-0.4, -0.2) is 24.7 Å². The fourth-order valence-corrected chi connectivity index (χ4v) is 1.13. The summed E-state index contributed by atoms with van der Waals surface area (Å²) in [6.07, 6.45) is -4.56. The van der Waals surface area contributed by atoms with Crippen molar-refractivity contribution in [1.29, 1.82) is 0 Å². The topological polar surface area (TPSA) is 64.4 Å². The van der Waals surface area contributed by atoms with Crippen molar-refractivity contribution >= 4 is 11.6 Å². The van der Waals surface area contributed by atoms with Crippen LogP contribution in [0.15, 0.2) is 18.2 Å². The lowest BCUT2D eigenvalue weighted by Gasteiger charge is -2.14. The first-order valence-corrected chi connectivity index (χ1v) is 5.24. The first-order valence-electron chi connectivity index (χ1n) is 5.24. The van der Waals surface area contributed by atoms with Crippen molar-refractivity contribution in [3.63, 3.8) is 0 Å². The standard InChI is InChI=1S/C11H12F4N2O2/c1-6(16)10(18)17-8-3-2-7(12)4-9(8)19-5-11(13,14)15/h2-4,6H,5,16H2,1H3,(H,17,18)/t6-/m0/s1. The molecule has 0 unspecified atom stereocenters. The maximum absolute atomic E-state index is 13.0. The Bertz CT molecular complexity index is 460. The average molecular weight is 280 g/mol. The largest absolute Gasteiger partial charge is 0.482 e. The van der Waals surface area contributed by atoms with Gasteiger partial charge >= 0.3 is 6.18 Å². The molecule has 0 aliphatic rings. The molecule has 0 fully saturated rings. The predicted octanol–water partition coefficient (Wildman–Crippen LogP) is 2.05. The van der Waals surface area contributed by atoms with Crippen LogP contribution in [0.1, 0.15) is 6.92 Å². The van der Waals surface area contributed by atoms with E-state index in [-0.39, 0.29) is 5.69 Å². The van der Waals surface area contributed by atoms with E-state index in [9.17, 15) is 22.4 Å². The molecule has 1 rings (SSSR count). The van der Waals surface area contributed by atoms with E-state index < -0.39 is 36.3 Å². The van der Waals surface area contributed by atoms with Crippen molar-refractivity contribution in [2.24, 2.45) is 5.73 Å². The van der Waals surface area contributed by atoms with Crippen LogP contribution in [0.25, 0.3) is 0 Å². The SMILES string of the molecule is C[C@H](N)C(=O)Nc1ccc(F)cc1OCC(F)(F)F. The van der Waals surface area contributed by atoms with Gasteiger partial charge in [0.25, 0.3) is 0 Å². The third-order valence-corrected chi connectivity index (χ3v) is 2.01. The Morgan fingerprint density at radius 2 is 2.11 bits per heavy atom. The van der Waals surface area contributed by atoms with Crippen LogP contribution in [0.2, 0.25) is 0 Å². The second kappa shape index (κ2) is 5.87. The molecule has 106 valence electrons. The number of benzene rings is 1. The molecule has 1 aromatic rings. The Labute approximate surface area is 106 Å². The molecule has 3 N–H and O–H groups in total. The highest BCUT2D eigenvalue weighted by atomic mass is 19.4. The van der Waals surface area contributed by atoms with Crippen molar-refractivity contribution < 1.29 is 27.1 Å². The van der Waals surface area contributed by atoms with Crippen LogP contribution in [-0.2, 0) is 4.79 Å². The van der Waals surface area contributed by atoms with E-state index in [1.54, 1.807) is 0 Å². The van der Waals surface area contributed by atoms with Gasteiger partial charge < -0.3 is 15.8 Å². The molecule has 0 spiro atoms. The van der Waals surface area contributed by atoms with Gasteiger partial charge in [0.15, 0.2) is 6.61 Å². The van der Waals surface area contributed by atoms with Crippen LogP contribution in [0.5, 0.6) is 5.75 Å². The second-order valence-electron chi connectivity index (χ2n) is 3.82. The van der Waals surface area contributed by atoms with Gasteiger partial charge in [0.2, 0.25) is 5.91 Å². The molecule has 0 saturated carbocycles. The van der Waals surface area contributed by atoms with Crippen LogP contribution >= 0.6 is 0 Å². The molecule has 19 heavy (non-hydrogen) atoms. The van der Waals surface area contributed by atoms with Crippen molar-refractivity contribution in [3.05, 3.63) is 24.0 Å². The van der Waals surface area contributed by atoms with Gasteiger partial charge in [-0.3, -0.25) is 4.79 Å². The number of alkyl halides is 3. The molecule has 0 saturated heterocycles. The normalized spacial score (nSPS) is 12.9. The summed E-state index contributed by atoms with van der Waals surface area (Å²) in [6, 6.07) is 1.97. The first-order chi connectivity index (χ1) is 8.69. The van der Waals surface area contributed by atoms with Crippen molar-refractivity contribution in [3.8, 4) is 5.75 Å². The van der Waals surface area contributed by atoms with E-state index in [2.05, 4.69) is 10.1 Å². The maximum atomic E-state index is 13.0. The van der Waals surface area contributed by atoms with Crippen LogP contribution < -0.4 is 15.8 Å². The number of carbonyl (C=O) groups is 1. The Morgan fingerprint density at radius 1 is 1.47 bits per heavy atom. The summed E-state index contributed by atoms with van der Waals surface area (Å²) in [5.41, 5.74) is 5.22. The summed E-state index contributed by atoms with van der Waals surface area (Å²) in [4.78, 5) is 11.3. The number of hydrogen-bond acceptors (Lipinski definition) is 3. The second-order valence-corrected chi connectivity index (χ2v) is 3.82. The summed E-state index contributed by atoms with van der Waals surface area (Å²) in [6.45, 7) is -0.188. The predicted molar refractivity (Wildman–Crippen MR) is 60.2 cm³/mol. The monoisotopic (exact) mass is 280 g/mol. The number of anilines is 1. The lowest BCUT2D eigenvalue weighted by molar-refractivity contribution is -0.153. The van der Waals surface area contributed by atoms with Crippen LogP contribution in [0.4, 0.5) is 23.2 Å². The van der Waals surface area contributed by atoms with E-state index in [0.717, 1.165) is 18.2 Å². The lowest BCUT2D eigenvalue weighted by atomic mass is 10.2. The Morgan fingerprint density at radius 3 is 2.63 bits per heavy atom. The summed E-state index contributed by atoms with van der Waals surface area (Å²) in [5, 5.41) is 2.25. The fourth-order valence-electron chi connectivity index (χ4n) is 1.13. The number of nitrogens with two attached hydrogens (primary N) is 1. The van der Waals surface area contributed by atoms with Gasteiger partial charge in [-0.25, -0.2) is 4.39 Å². The molecule has 4 nitrogen and oxygen atoms in total. The zero-order valence-corrected chi connectivity index (χ0v) is 9.92. The minimum Gasteiger partial charge on any atom is -0.482 e. The number of carbonyl (C=O) groups excluding carboxylic acids is 1. The van der Waals surface area contributed by atoms with E-state index in [1.807, 2.05) is 0 Å². The Balaban J connectivity index is 2.88. The molecule has 1 aromatic carbocycles. The summed E-state index contributed by atoms with van der Waals surface area (Å²) < 4.78 is 53.5. The fraction of sp³-hybridized carbons (Fsp3) is 0.364. The number of amides is 1. The quantitative estimate of drug-likeness (QED) is 0.830. The highest BCUT2D eigenvalue weighted by molar-refractivity contribution is 5.95. The molecular weight excluding hydrogens is 268 g/mol. The number of halogens is 4. The van der Waals surface area contributed by atoms with Gasteiger partial charge in [0.05, 0.1) is 11.7 Å². The summed E-state index contributed by atoms with van der Waals surface area (Å²) >= 11 is 0. The van der Waals surface area contributed by atoms with Gasteiger partial charge in [-0.15, -0.1) is 0 Å². The number of hydrogen-bond donors (Lipinski definition) is 2. The molecule has 0 aromatic heterocycles. The molecule has 0 radical (unpaired) electrons. The molecule has 0 aliphatic carbocycles. The first kappa shape index (κ1) is 15.2. The number of ether oxygens (including phenoxy) is 1. The van der Waals surface area contributed by atoms with Gasteiger partial charge in [0.1, 0.15) is 11.6 Å². The summed E-state index contributed by atoms with van der Waals surface area (Å²) in [7, 11) is 0. The summed E-state index contributed by atoms with van der Waals surface area (Å²) in [5.74, 6) is -1.81. The number of rotatable bonds is 4. The van der Waals surface area contributed by atoms with Crippen molar-refractivity contribution in [1.82, 2.24) is 0 Å². The van der Waals surface area contributed by atoms with E-state index >= 15 is 0 Å². The van der Waals surface area contributed by atoms with Gasteiger partial charge in [-0.2, -0.15) is 13.2 Å². The molecule has 0 bridgehead atoms. The third kappa shape index (κ3) is 5.12. The van der Waals surface area contributed by atoms with E-state index in [0.29, 0.717) is 0 Å². The molecule has 1 atom stereocenters. The molecule has 8 heteroatoms. The third-order valence-electron chi connectivity index (χ3n) is 2.01. The lowest BCUT2D eigenvalue weighted by Crippen LogP contribution is -2.32. The van der Waals surface area contributed by atoms with Gasteiger partial charge in [-0.05, 0) is 19.1 Å². The average Bonchev–Trinajstić information content (AvgIpc) is 2.28.